The lowest BCUT2D eigenvalue weighted by Gasteiger charge is -2.02. The highest BCUT2D eigenvalue weighted by atomic mass is 15.1. The minimum Gasteiger partial charge on any atom is -0.399 e. The van der Waals surface area contributed by atoms with Gasteiger partial charge in [-0.2, -0.15) is 10.2 Å². The van der Waals surface area contributed by atoms with Crippen molar-refractivity contribution < 1.29 is 0 Å². The number of nitrogens with zero attached hydrogens (tertiary/aromatic N) is 2. The van der Waals surface area contributed by atoms with Crippen LogP contribution in [0.4, 0.5) is 17.1 Å². The van der Waals surface area contributed by atoms with Gasteiger partial charge in [-0.15, -0.1) is 0 Å². The zero-order valence-electron chi connectivity index (χ0n) is 11.5. The lowest BCUT2D eigenvalue weighted by atomic mass is 10.1. The SMILES string of the molecule is Nc1ccc(-c2ccc(N=Nc3ccccc3)cc2)cc1. The smallest absolute Gasteiger partial charge is 0.0857 e. The Bertz CT molecular complexity index is 730. The highest BCUT2D eigenvalue weighted by molar-refractivity contribution is 5.67. The molecule has 0 aliphatic rings. The van der Waals surface area contributed by atoms with Crippen LogP contribution in [-0.2, 0) is 0 Å². The van der Waals surface area contributed by atoms with E-state index < -0.39 is 0 Å². The molecule has 0 atom stereocenters. The Kier molecular flexibility index (Phi) is 3.74. The number of hydrogen-bond donors (Lipinski definition) is 1. The number of nitrogen functional groups attached to an aromatic ring is 1. The van der Waals surface area contributed by atoms with E-state index in [2.05, 4.69) is 10.2 Å². The Balaban J connectivity index is 1.78. The van der Waals surface area contributed by atoms with Gasteiger partial charge >= 0.3 is 0 Å². The lowest BCUT2D eigenvalue weighted by Crippen LogP contribution is -1.83. The number of anilines is 1. The van der Waals surface area contributed by atoms with Crippen molar-refractivity contribution in [2.75, 3.05) is 5.73 Å². The Labute approximate surface area is 123 Å². The average molecular weight is 273 g/mol. The second kappa shape index (κ2) is 6.01. The van der Waals surface area contributed by atoms with Crippen LogP contribution in [0.15, 0.2) is 89.1 Å². The Morgan fingerprint density at radius 1 is 0.524 bits per heavy atom. The predicted molar refractivity (Wildman–Crippen MR) is 86.9 cm³/mol. The van der Waals surface area contributed by atoms with Crippen LogP contribution in [0.25, 0.3) is 11.1 Å². The van der Waals surface area contributed by atoms with Gasteiger partial charge in [0.05, 0.1) is 11.4 Å². The molecule has 0 fully saturated rings. The van der Waals surface area contributed by atoms with Crippen LogP contribution in [0.3, 0.4) is 0 Å². The van der Waals surface area contributed by atoms with Crippen LogP contribution in [0.5, 0.6) is 0 Å². The van der Waals surface area contributed by atoms with E-state index >= 15 is 0 Å². The summed E-state index contributed by atoms with van der Waals surface area (Å²) in [5.74, 6) is 0. The van der Waals surface area contributed by atoms with E-state index in [9.17, 15) is 0 Å². The monoisotopic (exact) mass is 273 g/mol. The van der Waals surface area contributed by atoms with Crippen LogP contribution >= 0.6 is 0 Å². The molecule has 0 aromatic heterocycles. The number of hydrogen-bond acceptors (Lipinski definition) is 3. The molecular formula is C18H15N3. The van der Waals surface area contributed by atoms with Crippen LogP contribution in [0, 0.1) is 0 Å². The molecule has 0 saturated heterocycles. The number of rotatable bonds is 3. The summed E-state index contributed by atoms with van der Waals surface area (Å²) in [5, 5.41) is 8.43. The van der Waals surface area contributed by atoms with Gasteiger partial charge in [0, 0.05) is 5.69 Å². The molecule has 0 amide bonds. The van der Waals surface area contributed by atoms with Crippen molar-refractivity contribution in [3.8, 4) is 11.1 Å². The summed E-state index contributed by atoms with van der Waals surface area (Å²) in [6.45, 7) is 0. The number of nitrogens with two attached hydrogens (primary N) is 1. The predicted octanol–water partition coefficient (Wildman–Crippen LogP) is 5.35. The number of benzene rings is 3. The summed E-state index contributed by atoms with van der Waals surface area (Å²) in [5.41, 5.74) is 10.4. The molecule has 3 aromatic carbocycles. The van der Waals surface area contributed by atoms with Crippen molar-refractivity contribution >= 4 is 17.1 Å². The Morgan fingerprint density at radius 2 is 1.00 bits per heavy atom. The first-order valence-electron chi connectivity index (χ1n) is 6.74. The van der Waals surface area contributed by atoms with Crippen LogP contribution in [0.1, 0.15) is 0 Å². The molecule has 0 spiro atoms. The normalized spacial score (nSPS) is 10.9. The molecule has 0 heterocycles. The third kappa shape index (κ3) is 3.34. The van der Waals surface area contributed by atoms with E-state index in [4.69, 9.17) is 5.73 Å². The van der Waals surface area contributed by atoms with Crippen LogP contribution < -0.4 is 5.73 Å². The molecule has 3 nitrogen and oxygen atoms in total. The maximum Gasteiger partial charge on any atom is 0.0857 e. The zero-order valence-corrected chi connectivity index (χ0v) is 11.5. The van der Waals surface area contributed by atoms with Crippen molar-refractivity contribution in [1.82, 2.24) is 0 Å². The fraction of sp³-hybridized carbons (Fsp3) is 0. The molecule has 0 aliphatic carbocycles. The van der Waals surface area contributed by atoms with E-state index in [0.717, 1.165) is 28.2 Å². The fourth-order valence-electron chi connectivity index (χ4n) is 2.01. The first-order chi connectivity index (χ1) is 10.3. The lowest BCUT2D eigenvalue weighted by molar-refractivity contribution is 1.23. The van der Waals surface area contributed by atoms with Crippen molar-refractivity contribution in [2.24, 2.45) is 10.2 Å². The van der Waals surface area contributed by atoms with Crippen molar-refractivity contribution in [1.29, 1.82) is 0 Å². The van der Waals surface area contributed by atoms with Crippen LogP contribution in [-0.4, -0.2) is 0 Å². The molecule has 2 N–H and O–H groups in total. The summed E-state index contributed by atoms with van der Waals surface area (Å²) in [4.78, 5) is 0. The number of azo groups is 1. The standard InChI is InChI=1S/C18H15N3/c19-16-10-6-14(7-11-16)15-8-12-18(13-9-15)21-20-17-4-2-1-3-5-17/h1-13H,19H2. The highest BCUT2D eigenvalue weighted by Crippen LogP contribution is 2.24. The van der Waals surface area contributed by atoms with E-state index in [-0.39, 0.29) is 0 Å². The highest BCUT2D eigenvalue weighted by Gasteiger charge is 1.97. The van der Waals surface area contributed by atoms with E-state index in [0.29, 0.717) is 0 Å². The van der Waals surface area contributed by atoms with Crippen molar-refractivity contribution in [2.45, 2.75) is 0 Å². The summed E-state index contributed by atoms with van der Waals surface area (Å²) in [7, 11) is 0. The van der Waals surface area contributed by atoms with E-state index in [1.165, 1.54) is 0 Å². The fourth-order valence-corrected chi connectivity index (χ4v) is 2.01. The summed E-state index contributed by atoms with van der Waals surface area (Å²) < 4.78 is 0. The Morgan fingerprint density at radius 3 is 1.57 bits per heavy atom. The van der Waals surface area contributed by atoms with Crippen molar-refractivity contribution in [3.63, 3.8) is 0 Å². The second-order valence-corrected chi connectivity index (χ2v) is 4.70. The molecule has 102 valence electrons. The van der Waals surface area contributed by atoms with E-state index in [1.807, 2.05) is 78.9 Å². The molecule has 0 bridgehead atoms. The molecule has 3 heteroatoms. The first-order valence-corrected chi connectivity index (χ1v) is 6.74. The molecule has 0 unspecified atom stereocenters. The molecule has 0 aliphatic heterocycles. The molecule has 3 aromatic rings. The second-order valence-electron chi connectivity index (χ2n) is 4.70. The topological polar surface area (TPSA) is 50.7 Å². The van der Waals surface area contributed by atoms with Gasteiger partial charge in [-0.1, -0.05) is 42.5 Å². The summed E-state index contributed by atoms with van der Waals surface area (Å²) in [6.07, 6.45) is 0. The first kappa shape index (κ1) is 13.1. The van der Waals surface area contributed by atoms with Crippen LogP contribution in [0.2, 0.25) is 0 Å². The van der Waals surface area contributed by atoms with Gasteiger partial charge in [0.1, 0.15) is 0 Å². The van der Waals surface area contributed by atoms with E-state index in [1.54, 1.807) is 0 Å². The molecule has 0 radical (unpaired) electrons. The Hall–Kier alpha value is -2.94. The summed E-state index contributed by atoms with van der Waals surface area (Å²) >= 11 is 0. The maximum atomic E-state index is 5.70. The van der Waals surface area contributed by atoms with Gasteiger partial charge in [0.25, 0.3) is 0 Å². The quantitative estimate of drug-likeness (QED) is 0.507. The average Bonchev–Trinajstić information content (AvgIpc) is 2.55. The molecular weight excluding hydrogens is 258 g/mol. The third-order valence-corrected chi connectivity index (χ3v) is 3.15. The summed E-state index contributed by atoms with van der Waals surface area (Å²) in [6, 6.07) is 25.5. The minimum absolute atomic E-state index is 0.770. The van der Waals surface area contributed by atoms with Gasteiger partial charge in [-0.25, -0.2) is 0 Å². The maximum absolute atomic E-state index is 5.70. The molecule has 3 rings (SSSR count). The largest absolute Gasteiger partial charge is 0.399 e. The van der Waals surface area contributed by atoms with Crippen molar-refractivity contribution in [3.05, 3.63) is 78.9 Å². The van der Waals surface area contributed by atoms with Gasteiger partial charge in [-0.05, 0) is 47.5 Å². The van der Waals surface area contributed by atoms with Gasteiger partial charge in [0.2, 0.25) is 0 Å². The third-order valence-electron chi connectivity index (χ3n) is 3.15. The van der Waals surface area contributed by atoms with Gasteiger partial charge in [0.15, 0.2) is 0 Å². The van der Waals surface area contributed by atoms with Gasteiger partial charge in [-0.3, -0.25) is 0 Å². The van der Waals surface area contributed by atoms with Gasteiger partial charge < -0.3 is 5.73 Å². The molecule has 0 saturated carbocycles. The zero-order chi connectivity index (χ0) is 14.5. The minimum atomic E-state index is 0.770. The molecule has 21 heavy (non-hydrogen) atoms.